The Morgan fingerprint density at radius 2 is 1.89 bits per heavy atom. The van der Waals surface area contributed by atoms with E-state index in [1.165, 1.54) is 0 Å². The van der Waals surface area contributed by atoms with Gasteiger partial charge in [-0.25, -0.2) is 0 Å². The van der Waals surface area contributed by atoms with E-state index in [4.69, 9.17) is 5.11 Å². The lowest BCUT2D eigenvalue weighted by Crippen LogP contribution is -2.39. The number of aliphatic carboxylic acids is 1. The van der Waals surface area contributed by atoms with E-state index in [0.29, 0.717) is 12.0 Å². The predicted octanol–water partition coefficient (Wildman–Crippen LogP) is 1.09. The van der Waals surface area contributed by atoms with Crippen LogP contribution in [0.1, 0.15) is 31.4 Å². The molecule has 1 aromatic rings. The molecule has 98 valence electrons. The predicted molar refractivity (Wildman–Crippen MR) is 65.9 cm³/mol. The Hall–Kier alpha value is -1.88. The van der Waals surface area contributed by atoms with Gasteiger partial charge in [-0.1, -0.05) is 37.3 Å². The van der Waals surface area contributed by atoms with Crippen LogP contribution in [0.25, 0.3) is 0 Å². The van der Waals surface area contributed by atoms with Crippen LogP contribution in [0.5, 0.6) is 0 Å². The molecule has 0 aromatic heterocycles. The summed E-state index contributed by atoms with van der Waals surface area (Å²) < 4.78 is 0. The van der Waals surface area contributed by atoms with Crippen molar-refractivity contribution in [3.05, 3.63) is 35.9 Å². The summed E-state index contributed by atoms with van der Waals surface area (Å²) in [4.78, 5) is 22.3. The second-order valence-electron chi connectivity index (χ2n) is 4.02. The van der Waals surface area contributed by atoms with Crippen molar-refractivity contribution in [3.8, 4) is 0 Å². The van der Waals surface area contributed by atoms with E-state index in [2.05, 4.69) is 5.32 Å². The first kappa shape index (κ1) is 14.2. The molecule has 1 rings (SSSR count). The first-order valence-electron chi connectivity index (χ1n) is 5.79. The van der Waals surface area contributed by atoms with Gasteiger partial charge in [-0.05, 0) is 12.0 Å². The Bertz CT molecular complexity index is 405. The summed E-state index contributed by atoms with van der Waals surface area (Å²) in [5, 5.41) is 21.0. The molecule has 0 aliphatic carbocycles. The number of carbonyl (C=O) groups is 2. The van der Waals surface area contributed by atoms with Gasteiger partial charge in [-0.15, -0.1) is 0 Å². The Morgan fingerprint density at radius 1 is 1.28 bits per heavy atom. The largest absolute Gasteiger partial charge is 0.481 e. The molecule has 2 unspecified atom stereocenters. The van der Waals surface area contributed by atoms with Crippen LogP contribution in [0, 0.1) is 0 Å². The zero-order chi connectivity index (χ0) is 13.5. The van der Waals surface area contributed by atoms with E-state index in [0.717, 1.165) is 0 Å². The quantitative estimate of drug-likeness (QED) is 0.706. The fraction of sp³-hybridized carbons (Fsp3) is 0.385. The van der Waals surface area contributed by atoms with Crippen LogP contribution in [0.2, 0.25) is 0 Å². The second-order valence-corrected chi connectivity index (χ2v) is 4.02. The fourth-order valence-electron chi connectivity index (χ4n) is 1.58. The number of rotatable bonds is 6. The van der Waals surface area contributed by atoms with Gasteiger partial charge in [0.05, 0.1) is 6.42 Å². The first-order valence-corrected chi connectivity index (χ1v) is 5.79. The van der Waals surface area contributed by atoms with E-state index in [9.17, 15) is 14.7 Å². The molecule has 0 bridgehead atoms. The molecule has 5 nitrogen and oxygen atoms in total. The highest BCUT2D eigenvalue weighted by molar-refractivity contribution is 5.82. The molecule has 0 saturated heterocycles. The summed E-state index contributed by atoms with van der Waals surface area (Å²) in [6.07, 6.45) is -0.919. The monoisotopic (exact) mass is 251 g/mol. The lowest BCUT2D eigenvalue weighted by atomic mass is 10.1. The zero-order valence-electron chi connectivity index (χ0n) is 10.2. The van der Waals surface area contributed by atoms with E-state index in [1.807, 2.05) is 0 Å². The molecule has 0 aliphatic heterocycles. The summed E-state index contributed by atoms with van der Waals surface area (Å²) >= 11 is 0. The summed E-state index contributed by atoms with van der Waals surface area (Å²) in [7, 11) is 0. The molecule has 0 heterocycles. The molecule has 5 heteroatoms. The zero-order valence-corrected chi connectivity index (χ0v) is 10.2. The van der Waals surface area contributed by atoms with E-state index >= 15 is 0 Å². The van der Waals surface area contributed by atoms with Crippen molar-refractivity contribution in [3.63, 3.8) is 0 Å². The number of nitrogens with one attached hydrogen (secondary N) is 1. The van der Waals surface area contributed by atoms with Crippen molar-refractivity contribution in [2.45, 2.75) is 31.9 Å². The summed E-state index contributed by atoms with van der Waals surface area (Å²) in [6.45, 7) is 1.78. The topological polar surface area (TPSA) is 86.6 Å². The van der Waals surface area contributed by atoms with Crippen LogP contribution in [0.3, 0.4) is 0 Å². The number of hydrogen-bond donors (Lipinski definition) is 3. The van der Waals surface area contributed by atoms with Gasteiger partial charge in [0, 0.05) is 6.04 Å². The first-order chi connectivity index (χ1) is 8.54. The number of hydrogen-bond acceptors (Lipinski definition) is 3. The highest BCUT2D eigenvalue weighted by atomic mass is 16.4. The molecule has 1 aromatic carbocycles. The minimum atomic E-state index is -1.27. The number of amides is 1. The van der Waals surface area contributed by atoms with Gasteiger partial charge in [-0.2, -0.15) is 0 Å². The maximum absolute atomic E-state index is 11.7. The molecular weight excluding hydrogens is 234 g/mol. The Kier molecular flexibility index (Phi) is 5.32. The van der Waals surface area contributed by atoms with E-state index in [-0.39, 0.29) is 6.42 Å². The smallest absolute Gasteiger partial charge is 0.305 e. The summed E-state index contributed by atoms with van der Waals surface area (Å²) in [5.41, 5.74) is 0.486. The number of carbonyl (C=O) groups excluding carboxylic acids is 1. The van der Waals surface area contributed by atoms with Gasteiger partial charge in [-0.3, -0.25) is 9.59 Å². The number of aliphatic hydroxyl groups excluding tert-OH is 1. The van der Waals surface area contributed by atoms with Crippen LogP contribution in [-0.2, 0) is 9.59 Å². The average Bonchev–Trinajstić information content (AvgIpc) is 2.37. The molecule has 0 fully saturated rings. The average molecular weight is 251 g/mol. The van der Waals surface area contributed by atoms with Gasteiger partial charge >= 0.3 is 5.97 Å². The molecule has 3 N–H and O–H groups in total. The molecule has 0 radical (unpaired) electrons. The maximum atomic E-state index is 11.7. The molecular formula is C13H17NO4. The molecule has 1 amide bonds. The highest BCUT2D eigenvalue weighted by Crippen LogP contribution is 2.12. The van der Waals surface area contributed by atoms with Crippen molar-refractivity contribution in [2.24, 2.45) is 0 Å². The number of carboxylic acid groups (broad SMARTS) is 1. The third-order valence-electron chi connectivity index (χ3n) is 2.62. The number of carboxylic acids is 1. The van der Waals surface area contributed by atoms with Crippen molar-refractivity contribution >= 4 is 11.9 Å². The van der Waals surface area contributed by atoms with E-state index in [1.54, 1.807) is 37.3 Å². The van der Waals surface area contributed by atoms with Crippen molar-refractivity contribution < 1.29 is 19.8 Å². The third-order valence-corrected chi connectivity index (χ3v) is 2.62. The van der Waals surface area contributed by atoms with Crippen LogP contribution in [0.15, 0.2) is 30.3 Å². The molecule has 0 aliphatic rings. The van der Waals surface area contributed by atoms with Gasteiger partial charge in [0.2, 0.25) is 0 Å². The summed E-state index contributed by atoms with van der Waals surface area (Å²) in [6, 6.07) is 8.05. The fourth-order valence-corrected chi connectivity index (χ4v) is 1.58. The second kappa shape index (κ2) is 6.76. The van der Waals surface area contributed by atoms with Crippen LogP contribution < -0.4 is 5.32 Å². The maximum Gasteiger partial charge on any atom is 0.305 e. The van der Waals surface area contributed by atoms with Crippen LogP contribution in [0.4, 0.5) is 0 Å². The molecule has 0 spiro atoms. The standard InChI is InChI=1S/C13H17NO4/c1-2-10(8-11(15)16)14-13(18)12(17)9-6-4-3-5-7-9/h3-7,10,12,17H,2,8H2,1H3,(H,14,18)(H,15,16). The minimum Gasteiger partial charge on any atom is -0.481 e. The number of aliphatic hydroxyl groups is 1. The Balaban J connectivity index is 2.61. The summed E-state index contributed by atoms with van der Waals surface area (Å²) in [5.74, 6) is -1.55. The Morgan fingerprint density at radius 3 is 2.39 bits per heavy atom. The van der Waals surface area contributed by atoms with Crippen molar-refractivity contribution in [1.82, 2.24) is 5.32 Å². The normalized spacial score (nSPS) is 13.7. The SMILES string of the molecule is CCC(CC(=O)O)NC(=O)C(O)c1ccccc1. The molecule has 0 saturated carbocycles. The number of benzene rings is 1. The van der Waals surface area contributed by atoms with Gasteiger partial charge < -0.3 is 15.5 Å². The van der Waals surface area contributed by atoms with Crippen molar-refractivity contribution in [1.29, 1.82) is 0 Å². The van der Waals surface area contributed by atoms with E-state index < -0.39 is 24.0 Å². The van der Waals surface area contributed by atoms with Gasteiger partial charge in [0.15, 0.2) is 6.10 Å². The minimum absolute atomic E-state index is 0.149. The van der Waals surface area contributed by atoms with Gasteiger partial charge in [0.25, 0.3) is 5.91 Å². The molecule has 2 atom stereocenters. The van der Waals surface area contributed by atoms with Gasteiger partial charge in [0.1, 0.15) is 0 Å². The lowest BCUT2D eigenvalue weighted by Gasteiger charge is -2.17. The molecule has 18 heavy (non-hydrogen) atoms. The lowest BCUT2D eigenvalue weighted by molar-refractivity contribution is -0.138. The Labute approximate surface area is 105 Å². The highest BCUT2D eigenvalue weighted by Gasteiger charge is 2.21. The van der Waals surface area contributed by atoms with Crippen LogP contribution >= 0.6 is 0 Å². The van der Waals surface area contributed by atoms with Crippen LogP contribution in [-0.4, -0.2) is 28.1 Å². The van der Waals surface area contributed by atoms with Crippen molar-refractivity contribution in [2.75, 3.05) is 0 Å². The third kappa shape index (κ3) is 4.18.